The van der Waals surface area contributed by atoms with Crippen LogP contribution < -0.4 is 15.4 Å². The van der Waals surface area contributed by atoms with Crippen molar-refractivity contribution in [3.8, 4) is 11.5 Å². The van der Waals surface area contributed by atoms with Gasteiger partial charge in [-0.1, -0.05) is 51.1 Å². The minimum absolute atomic E-state index is 0.152. The highest BCUT2D eigenvalue weighted by Crippen LogP contribution is 2.32. The van der Waals surface area contributed by atoms with Gasteiger partial charge in [0.15, 0.2) is 0 Å². The molecule has 0 aromatic heterocycles. The van der Waals surface area contributed by atoms with Gasteiger partial charge < -0.3 is 25.2 Å². The average molecular weight is 587 g/mol. The van der Waals surface area contributed by atoms with Gasteiger partial charge in [-0.2, -0.15) is 0 Å². The van der Waals surface area contributed by atoms with Crippen molar-refractivity contribution in [2.75, 3.05) is 25.0 Å². The SMILES string of the molecule is CCc1ccccc1Oc1ccc2c(c1)C(=O)N(C(C(=O)N1CCC(NCc3ccc(F)cc3)CC1)C(C)C)CC(=O)N2. The van der Waals surface area contributed by atoms with Crippen molar-refractivity contribution in [3.05, 3.63) is 89.2 Å². The molecular formula is C34H39FN4O4. The third kappa shape index (κ3) is 7.05. The van der Waals surface area contributed by atoms with E-state index in [2.05, 4.69) is 10.6 Å². The summed E-state index contributed by atoms with van der Waals surface area (Å²) in [5.41, 5.74) is 2.73. The number of hydrogen-bond donors (Lipinski definition) is 2. The first-order valence-electron chi connectivity index (χ1n) is 15.0. The minimum atomic E-state index is -0.793. The number of carbonyl (C=O) groups is 3. The van der Waals surface area contributed by atoms with E-state index < -0.39 is 6.04 Å². The molecule has 1 fully saturated rings. The predicted molar refractivity (Wildman–Crippen MR) is 163 cm³/mol. The number of anilines is 1. The molecule has 2 heterocycles. The van der Waals surface area contributed by atoms with E-state index in [1.54, 1.807) is 35.2 Å². The maximum atomic E-state index is 14.0. The number of halogens is 1. The van der Waals surface area contributed by atoms with Crippen LogP contribution in [-0.2, 0) is 22.6 Å². The third-order valence-corrected chi connectivity index (χ3v) is 8.19. The van der Waals surface area contributed by atoms with E-state index in [4.69, 9.17) is 4.74 Å². The standard InChI is InChI=1S/C34H39FN4O4/c1-4-24-7-5-6-8-30(24)43-27-13-14-29-28(19-27)33(41)39(21-31(40)37-29)32(22(2)3)34(42)38-17-15-26(16-18-38)36-20-23-9-11-25(35)12-10-23/h5-14,19,22,26,32,36H,4,15-18,20-21H2,1-3H3,(H,37,40). The number of carbonyl (C=O) groups excluding carboxylic acids is 3. The van der Waals surface area contributed by atoms with Crippen molar-refractivity contribution in [1.29, 1.82) is 0 Å². The summed E-state index contributed by atoms with van der Waals surface area (Å²) in [6, 6.07) is 18.6. The number of fused-ring (bicyclic) bond motifs is 1. The molecule has 2 N–H and O–H groups in total. The van der Waals surface area contributed by atoms with E-state index in [0.717, 1.165) is 30.4 Å². The highest BCUT2D eigenvalue weighted by molar-refractivity contribution is 6.10. The Bertz CT molecular complexity index is 1470. The van der Waals surface area contributed by atoms with Gasteiger partial charge in [-0.3, -0.25) is 14.4 Å². The molecule has 1 unspecified atom stereocenters. The molecule has 9 heteroatoms. The van der Waals surface area contributed by atoms with Crippen molar-refractivity contribution in [1.82, 2.24) is 15.1 Å². The van der Waals surface area contributed by atoms with Crippen molar-refractivity contribution in [2.45, 2.75) is 58.7 Å². The average Bonchev–Trinajstić information content (AvgIpc) is 3.12. The number of nitrogens with one attached hydrogen (secondary N) is 2. The second-order valence-corrected chi connectivity index (χ2v) is 11.5. The number of likely N-dealkylation sites (tertiary alicyclic amines) is 1. The van der Waals surface area contributed by atoms with E-state index in [-0.39, 0.29) is 42.0 Å². The number of para-hydroxylation sites is 1. The third-order valence-electron chi connectivity index (χ3n) is 8.19. The molecule has 0 spiro atoms. The zero-order chi connectivity index (χ0) is 30.5. The van der Waals surface area contributed by atoms with Crippen LogP contribution in [0.5, 0.6) is 11.5 Å². The lowest BCUT2D eigenvalue weighted by atomic mass is 9.97. The van der Waals surface area contributed by atoms with E-state index >= 15 is 0 Å². The number of rotatable bonds is 9. The summed E-state index contributed by atoms with van der Waals surface area (Å²) < 4.78 is 19.4. The van der Waals surface area contributed by atoms with Crippen LogP contribution in [0.15, 0.2) is 66.7 Å². The summed E-state index contributed by atoms with van der Waals surface area (Å²) in [6.45, 7) is 7.35. The van der Waals surface area contributed by atoms with Crippen LogP contribution in [0.25, 0.3) is 0 Å². The molecule has 2 aliphatic heterocycles. The van der Waals surface area contributed by atoms with Gasteiger partial charge in [-0.15, -0.1) is 0 Å². The number of hydrogen-bond acceptors (Lipinski definition) is 5. The second-order valence-electron chi connectivity index (χ2n) is 11.5. The molecule has 3 aromatic rings. The quantitative estimate of drug-likeness (QED) is 0.351. The zero-order valence-corrected chi connectivity index (χ0v) is 24.9. The highest BCUT2D eigenvalue weighted by atomic mass is 19.1. The fourth-order valence-electron chi connectivity index (χ4n) is 5.82. The molecule has 8 nitrogen and oxygen atoms in total. The smallest absolute Gasteiger partial charge is 0.257 e. The Morgan fingerprint density at radius 3 is 2.47 bits per heavy atom. The Kier molecular flexibility index (Phi) is 9.40. The number of amides is 3. The Labute approximate surface area is 252 Å². The van der Waals surface area contributed by atoms with Gasteiger partial charge in [-0.25, -0.2) is 4.39 Å². The summed E-state index contributed by atoms with van der Waals surface area (Å²) in [5.74, 6) is -0.170. The molecule has 226 valence electrons. The van der Waals surface area contributed by atoms with Gasteiger partial charge in [0.25, 0.3) is 5.91 Å². The Hall–Kier alpha value is -4.24. The lowest BCUT2D eigenvalue weighted by molar-refractivity contribution is -0.139. The van der Waals surface area contributed by atoms with Crippen LogP contribution >= 0.6 is 0 Å². The summed E-state index contributed by atoms with van der Waals surface area (Å²) in [5, 5.41) is 6.34. The normalized spacial score (nSPS) is 16.5. The van der Waals surface area contributed by atoms with Crippen molar-refractivity contribution in [3.63, 3.8) is 0 Å². The number of benzene rings is 3. The monoisotopic (exact) mass is 586 g/mol. The van der Waals surface area contributed by atoms with E-state index in [0.29, 0.717) is 42.4 Å². The molecule has 43 heavy (non-hydrogen) atoms. The molecule has 0 radical (unpaired) electrons. The van der Waals surface area contributed by atoms with Crippen molar-refractivity contribution in [2.24, 2.45) is 5.92 Å². The molecule has 3 aromatic carbocycles. The van der Waals surface area contributed by atoms with E-state index in [1.165, 1.54) is 17.0 Å². The van der Waals surface area contributed by atoms with Gasteiger partial charge in [-0.05, 0) is 72.7 Å². The van der Waals surface area contributed by atoms with Crippen molar-refractivity contribution >= 4 is 23.4 Å². The predicted octanol–water partition coefficient (Wildman–Crippen LogP) is 5.38. The lowest BCUT2D eigenvalue weighted by Crippen LogP contribution is -2.56. The molecular weight excluding hydrogens is 547 g/mol. The zero-order valence-electron chi connectivity index (χ0n) is 24.9. The summed E-state index contributed by atoms with van der Waals surface area (Å²) in [7, 11) is 0. The Morgan fingerprint density at radius 2 is 1.77 bits per heavy atom. The summed E-state index contributed by atoms with van der Waals surface area (Å²) in [6.07, 6.45) is 2.31. The second kappa shape index (κ2) is 13.4. The molecule has 1 saturated heterocycles. The fourth-order valence-corrected chi connectivity index (χ4v) is 5.82. The Morgan fingerprint density at radius 1 is 1.05 bits per heavy atom. The Balaban J connectivity index is 1.29. The van der Waals surface area contributed by atoms with Crippen molar-refractivity contribution < 1.29 is 23.5 Å². The maximum Gasteiger partial charge on any atom is 0.257 e. The molecule has 2 aliphatic rings. The molecule has 0 bridgehead atoms. The molecule has 0 aliphatic carbocycles. The summed E-state index contributed by atoms with van der Waals surface area (Å²) in [4.78, 5) is 44.1. The highest BCUT2D eigenvalue weighted by Gasteiger charge is 2.40. The van der Waals surface area contributed by atoms with Gasteiger partial charge in [0.1, 0.15) is 29.9 Å². The van der Waals surface area contributed by atoms with Crippen LogP contribution in [0.2, 0.25) is 0 Å². The molecule has 3 amide bonds. The van der Waals surface area contributed by atoms with Gasteiger partial charge in [0, 0.05) is 25.7 Å². The van der Waals surface area contributed by atoms with Crippen LogP contribution in [0.3, 0.4) is 0 Å². The van der Waals surface area contributed by atoms with Gasteiger partial charge >= 0.3 is 0 Å². The van der Waals surface area contributed by atoms with Crippen LogP contribution in [0.1, 0.15) is 55.1 Å². The maximum absolute atomic E-state index is 14.0. The van der Waals surface area contributed by atoms with Gasteiger partial charge in [0.2, 0.25) is 11.8 Å². The van der Waals surface area contributed by atoms with E-state index in [1.807, 2.05) is 45.0 Å². The van der Waals surface area contributed by atoms with Crippen LogP contribution in [0.4, 0.5) is 10.1 Å². The number of nitrogens with zero attached hydrogens (tertiary/aromatic N) is 2. The molecule has 5 rings (SSSR count). The van der Waals surface area contributed by atoms with Crippen LogP contribution in [0, 0.1) is 11.7 Å². The minimum Gasteiger partial charge on any atom is -0.457 e. The topological polar surface area (TPSA) is 91.0 Å². The number of aryl methyl sites for hydroxylation is 1. The first-order valence-corrected chi connectivity index (χ1v) is 15.0. The molecule has 0 saturated carbocycles. The number of ether oxygens (including phenoxy) is 1. The summed E-state index contributed by atoms with van der Waals surface area (Å²) >= 11 is 0. The first-order chi connectivity index (χ1) is 20.7. The lowest BCUT2D eigenvalue weighted by Gasteiger charge is -2.39. The first kappa shape index (κ1) is 30.2. The number of piperidine rings is 1. The largest absolute Gasteiger partial charge is 0.457 e. The van der Waals surface area contributed by atoms with E-state index in [9.17, 15) is 18.8 Å². The van der Waals surface area contributed by atoms with Gasteiger partial charge in [0.05, 0.1) is 11.3 Å². The fraction of sp³-hybridized carbons (Fsp3) is 0.382. The molecule has 1 atom stereocenters. The van der Waals surface area contributed by atoms with Crippen LogP contribution in [-0.4, -0.2) is 59.2 Å².